The van der Waals surface area contributed by atoms with E-state index in [2.05, 4.69) is 22.7 Å². The smallest absolute Gasteiger partial charge is 0.329 e. The van der Waals surface area contributed by atoms with Crippen LogP contribution < -0.4 is 5.43 Å². The summed E-state index contributed by atoms with van der Waals surface area (Å²) in [6, 6.07) is 10.1. The molecule has 0 saturated carbocycles. The lowest BCUT2D eigenvalue weighted by Gasteiger charge is -2.13. The van der Waals surface area contributed by atoms with E-state index in [1.54, 1.807) is 4.90 Å². The summed E-state index contributed by atoms with van der Waals surface area (Å²) in [7, 11) is 0. The van der Waals surface area contributed by atoms with Gasteiger partial charge in [0, 0.05) is 18.8 Å². The summed E-state index contributed by atoms with van der Waals surface area (Å²) in [5.74, 6) is -1.12. The van der Waals surface area contributed by atoms with Gasteiger partial charge in [0.1, 0.15) is 0 Å². The van der Waals surface area contributed by atoms with Gasteiger partial charge in [0.25, 0.3) is 0 Å². The van der Waals surface area contributed by atoms with E-state index in [1.807, 2.05) is 25.1 Å². The number of carbonyl (C=O) groups excluding carboxylic acids is 2. The largest absolute Gasteiger partial charge is 0.334 e. The Morgan fingerprint density at radius 2 is 1.86 bits per heavy atom. The number of nitrogens with one attached hydrogen (secondary N) is 1. The maximum Gasteiger partial charge on any atom is 0.329 e. The van der Waals surface area contributed by atoms with Gasteiger partial charge in [-0.1, -0.05) is 30.3 Å². The average Bonchev–Trinajstić information content (AvgIpc) is 3.05. The quantitative estimate of drug-likeness (QED) is 0.521. The highest BCUT2D eigenvalue weighted by Crippen LogP contribution is 2.07. The fourth-order valence-corrected chi connectivity index (χ4v) is 2.28. The van der Waals surface area contributed by atoms with Crippen molar-refractivity contribution in [2.75, 3.05) is 13.1 Å². The minimum Gasteiger partial charge on any atom is -0.334 e. The van der Waals surface area contributed by atoms with E-state index in [9.17, 15) is 9.59 Å². The lowest BCUT2D eigenvalue weighted by Crippen LogP contribution is -2.40. The number of likely N-dealkylation sites (tertiary alicyclic amines) is 1. The normalized spacial score (nSPS) is 15.1. The molecule has 0 aromatic heterocycles. The van der Waals surface area contributed by atoms with Crippen LogP contribution in [0, 0.1) is 0 Å². The van der Waals surface area contributed by atoms with Crippen LogP contribution in [0.15, 0.2) is 35.4 Å². The molecule has 2 amide bonds. The van der Waals surface area contributed by atoms with Crippen LogP contribution in [0.2, 0.25) is 0 Å². The van der Waals surface area contributed by atoms with Crippen molar-refractivity contribution >= 4 is 17.5 Å². The minimum absolute atomic E-state index is 0.480. The van der Waals surface area contributed by atoms with E-state index in [0.29, 0.717) is 13.1 Å². The molecule has 0 aliphatic carbocycles. The SMILES string of the molecule is C/C(CCc1ccccc1)=N/NC(=O)C(=O)N1CCCC1. The molecule has 0 bridgehead atoms. The van der Waals surface area contributed by atoms with Gasteiger partial charge < -0.3 is 4.90 Å². The molecule has 5 nitrogen and oxygen atoms in total. The molecule has 0 atom stereocenters. The van der Waals surface area contributed by atoms with Crippen LogP contribution in [0.25, 0.3) is 0 Å². The van der Waals surface area contributed by atoms with Crippen molar-refractivity contribution in [1.82, 2.24) is 10.3 Å². The van der Waals surface area contributed by atoms with E-state index >= 15 is 0 Å². The molecule has 1 N–H and O–H groups in total. The van der Waals surface area contributed by atoms with Crippen LogP contribution in [-0.2, 0) is 16.0 Å². The summed E-state index contributed by atoms with van der Waals surface area (Å²) in [6.07, 6.45) is 3.56. The molecule has 1 fully saturated rings. The number of carbonyl (C=O) groups is 2. The number of aryl methyl sites for hydroxylation is 1. The van der Waals surface area contributed by atoms with Crippen LogP contribution in [-0.4, -0.2) is 35.5 Å². The molecule has 1 aromatic rings. The van der Waals surface area contributed by atoms with E-state index < -0.39 is 11.8 Å². The van der Waals surface area contributed by atoms with E-state index in [1.165, 1.54) is 5.56 Å². The summed E-state index contributed by atoms with van der Waals surface area (Å²) in [5.41, 5.74) is 4.39. The molecule has 2 rings (SSSR count). The number of hydrogen-bond acceptors (Lipinski definition) is 3. The summed E-state index contributed by atoms with van der Waals surface area (Å²) in [6.45, 7) is 3.19. The van der Waals surface area contributed by atoms with Crippen LogP contribution in [0.1, 0.15) is 31.7 Å². The van der Waals surface area contributed by atoms with E-state index in [-0.39, 0.29) is 0 Å². The zero-order chi connectivity index (χ0) is 15.1. The third-order valence-electron chi connectivity index (χ3n) is 3.55. The first-order valence-electron chi connectivity index (χ1n) is 7.33. The fourth-order valence-electron chi connectivity index (χ4n) is 2.28. The molecule has 1 aliphatic heterocycles. The van der Waals surface area contributed by atoms with Crippen LogP contribution in [0.5, 0.6) is 0 Å². The molecule has 0 unspecified atom stereocenters. The fraction of sp³-hybridized carbons (Fsp3) is 0.438. The summed E-state index contributed by atoms with van der Waals surface area (Å²) in [4.78, 5) is 25.1. The van der Waals surface area contributed by atoms with Crippen molar-refractivity contribution in [3.63, 3.8) is 0 Å². The molecule has 21 heavy (non-hydrogen) atoms. The second-order valence-electron chi connectivity index (χ2n) is 5.27. The van der Waals surface area contributed by atoms with Crippen molar-refractivity contribution < 1.29 is 9.59 Å². The number of rotatable bonds is 4. The highest BCUT2D eigenvalue weighted by molar-refractivity contribution is 6.35. The first-order valence-corrected chi connectivity index (χ1v) is 7.33. The molecule has 1 aromatic carbocycles. The van der Waals surface area contributed by atoms with E-state index in [4.69, 9.17) is 0 Å². The predicted molar refractivity (Wildman–Crippen MR) is 81.8 cm³/mol. The molecule has 0 spiro atoms. The van der Waals surface area contributed by atoms with Crippen LogP contribution in [0.4, 0.5) is 0 Å². The van der Waals surface area contributed by atoms with Gasteiger partial charge in [-0.3, -0.25) is 9.59 Å². The predicted octanol–water partition coefficient (Wildman–Crippen LogP) is 1.73. The van der Waals surface area contributed by atoms with Crippen molar-refractivity contribution in [1.29, 1.82) is 0 Å². The van der Waals surface area contributed by atoms with Gasteiger partial charge in [-0.15, -0.1) is 0 Å². The monoisotopic (exact) mass is 287 g/mol. The number of amides is 2. The zero-order valence-electron chi connectivity index (χ0n) is 12.3. The maximum absolute atomic E-state index is 11.8. The highest BCUT2D eigenvalue weighted by atomic mass is 16.2. The Balaban J connectivity index is 1.77. The Bertz CT molecular complexity index is 520. The van der Waals surface area contributed by atoms with Gasteiger partial charge in [0.15, 0.2) is 0 Å². The zero-order valence-corrected chi connectivity index (χ0v) is 12.3. The van der Waals surface area contributed by atoms with Gasteiger partial charge in [0.2, 0.25) is 0 Å². The lowest BCUT2D eigenvalue weighted by atomic mass is 10.1. The van der Waals surface area contributed by atoms with Crippen molar-refractivity contribution in [2.45, 2.75) is 32.6 Å². The number of hydrazone groups is 1. The van der Waals surface area contributed by atoms with Gasteiger partial charge in [-0.2, -0.15) is 5.10 Å². The Labute approximate surface area is 125 Å². The first kappa shape index (κ1) is 15.2. The molecule has 5 heteroatoms. The first-order chi connectivity index (χ1) is 10.2. The molecular weight excluding hydrogens is 266 g/mol. The Morgan fingerprint density at radius 3 is 2.52 bits per heavy atom. The lowest BCUT2D eigenvalue weighted by molar-refractivity contribution is -0.145. The van der Waals surface area contributed by atoms with Gasteiger partial charge in [-0.05, 0) is 38.2 Å². The van der Waals surface area contributed by atoms with Crippen LogP contribution in [0.3, 0.4) is 0 Å². The highest BCUT2D eigenvalue weighted by Gasteiger charge is 2.24. The van der Waals surface area contributed by atoms with Crippen LogP contribution >= 0.6 is 0 Å². The molecule has 1 heterocycles. The molecule has 1 saturated heterocycles. The van der Waals surface area contributed by atoms with Gasteiger partial charge in [-0.25, -0.2) is 5.43 Å². The van der Waals surface area contributed by atoms with Crippen molar-refractivity contribution in [3.05, 3.63) is 35.9 Å². The molecule has 1 aliphatic rings. The molecule has 112 valence electrons. The molecular formula is C16H21N3O2. The summed E-state index contributed by atoms with van der Waals surface area (Å²) in [5, 5.41) is 4.00. The Morgan fingerprint density at radius 1 is 1.19 bits per heavy atom. The second kappa shape index (κ2) is 7.57. The Hall–Kier alpha value is -2.17. The Kier molecular flexibility index (Phi) is 5.49. The third kappa shape index (κ3) is 4.70. The number of nitrogens with zero attached hydrogens (tertiary/aromatic N) is 2. The third-order valence-corrected chi connectivity index (χ3v) is 3.55. The van der Waals surface area contributed by atoms with E-state index in [0.717, 1.165) is 31.4 Å². The standard InChI is InChI=1S/C16H21N3O2/c1-13(9-10-14-7-3-2-4-8-14)17-18-15(20)16(21)19-11-5-6-12-19/h2-4,7-8H,5-6,9-12H2,1H3,(H,18,20)/b17-13-. The summed E-state index contributed by atoms with van der Waals surface area (Å²) >= 11 is 0. The molecule has 0 radical (unpaired) electrons. The van der Waals surface area contributed by atoms with Crippen molar-refractivity contribution in [2.24, 2.45) is 5.10 Å². The number of benzene rings is 1. The average molecular weight is 287 g/mol. The topological polar surface area (TPSA) is 61.8 Å². The van der Waals surface area contributed by atoms with Crippen molar-refractivity contribution in [3.8, 4) is 0 Å². The minimum atomic E-state index is -0.643. The maximum atomic E-state index is 11.8. The van der Waals surface area contributed by atoms with Gasteiger partial charge >= 0.3 is 11.8 Å². The van der Waals surface area contributed by atoms with Gasteiger partial charge in [0.05, 0.1) is 0 Å². The summed E-state index contributed by atoms with van der Waals surface area (Å²) < 4.78 is 0. The number of hydrogen-bond donors (Lipinski definition) is 1. The second-order valence-corrected chi connectivity index (χ2v) is 5.27.